The summed E-state index contributed by atoms with van der Waals surface area (Å²) in [5.74, 6) is 0.503. The van der Waals surface area contributed by atoms with Gasteiger partial charge in [0.2, 0.25) is 0 Å². The zero-order chi connectivity index (χ0) is 18.5. The molecule has 138 valence electrons. The van der Waals surface area contributed by atoms with Crippen LogP contribution in [0.2, 0.25) is 0 Å². The van der Waals surface area contributed by atoms with Crippen molar-refractivity contribution in [3.63, 3.8) is 0 Å². The largest absolute Gasteiger partial charge is 0.468 e. The van der Waals surface area contributed by atoms with E-state index in [1.165, 1.54) is 12.5 Å². The number of hydrogen-bond acceptors (Lipinski definition) is 5. The first-order valence-corrected chi connectivity index (χ1v) is 8.87. The Morgan fingerprint density at radius 3 is 2.73 bits per heavy atom. The molecule has 1 atom stereocenters. The summed E-state index contributed by atoms with van der Waals surface area (Å²) in [6.07, 6.45) is 5.13. The van der Waals surface area contributed by atoms with Gasteiger partial charge < -0.3 is 9.73 Å². The van der Waals surface area contributed by atoms with Crippen LogP contribution in [0.1, 0.15) is 47.0 Å². The van der Waals surface area contributed by atoms with Gasteiger partial charge in [0.25, 0.3) is 11.6 Å². The number of carbonyl (C=O) groups excluding carboxylic acids is 1. The van der Waals surface area contributed by atoms with Crippen molar-refractivity contribution < 1.29 is 14.1 Å². The van der Waals surface area contributed by atoms with Gasteiger partial charge in [-0.1, -0.05) is 12.5 Å². The van der Waals surface area contributed by atoms with Crippen LogP contribution in [0.15, 0.2) is 41.0 Å². The van der Waals surface area contributed by atoms with E-state index in [0.717, 1.165) is 31.7 Å². The van der Waals surface area contributed by atoms with Gasteiger partial charge in [-0.05, 0) is 51.1 Å². The molecule has 26 heavy (non-hydrogen) atoms. The highest BCUT2D eigenvalue weighted by Gasteiger charge is 2.25. The molecule has 0 saturated carbocycles. The molecule has 0 radical (unpaired) electrons. The number of rotatable bonds is 6. The summed E-state index contributed by atoms with van der Waals surface area (Å²) in [5, 5.41) is 14.0. The minimum Gasteiger partial charge on any atom is -0.468 e. The zero-order valence-electron chi connectivity index (χ0n) is 14.8. The summed E-state index contributed by atoms with van der Waals surface area (Å²) >= 11 is 0. The number of nitrogens with one attached hydrogen (secondary N) is 1. The van der Waals surface area contributed by atoms with Crippen LogP contribution in [0.5, 0.6) is 0 Å². The molecule has 7 heteroatoms. The number of aryl methyl sites for hydroxylation is 1. The van der Waals surface area contributed by atoms with Gasteiger partial charge in [-0.25, -0.2) is 0 Å². The number of furan rings is 1. The summed E-state index contributed by atoms with van der Waals surface area (Å²) in [4.78, 5) is 25.4. The number of nitrogens with zero attached hydrogens (tertiary/aromatic N) is 2. The topological polar surface area (TPSA) is 88.6 Å². The summed E-state index contributed by atoms with van der Waals surface area (Å²) in [7, 11) is 0. The minimum absolute atomic E-state index is 0.0327. The summed E-state index contributed by atoms with van der Waals surface area (Å²) in [6, 6.07) is 8.27. The average Bonchev–Trinajstić information content (AvgIpc) is 3.17. The van der Waals surface area contributed by atoms with Crippen molar-refractivity contribution in [2.75, 3.05) is 19.6 Å². The molecular weight excluding hydrogens is 334 g/mol. The van der Waals surface area contributed by atoms with Crippen molar-refractivity contribution in [2.24, 2.45) is 0 Å². The van der Waals surface area contributed by atoms with E-state index in [2.05, 4.69) is 10.2 Å². The molecule has 0 spiro atoms. The second-order valence-corrected chi connectivity index (χ2v) is 6.60. The quantitative estimate of drug-likeness (QED) is 0.632. The lowest BCUT2D eigenvalue weighted by molar-refractivity contribution is -0.385. The van der Waals surface area contributed by atoms with Crippen LogP contribution >= 0.6 is 0 Å². The summed E-state index contributed by atoms with van der Waals surface area (Å²) < 4.78 is 5.57. The van der Waals surface area contributed by atoms with Crippen molar-refractivity contribution in [1.29, 1.82) is 0 Å². The zero-order valence-corrected chi connectivity index (χ0v) is 14.8. The predicted octanol–water partition coefficient (Wildman–Crippen LogP) is 3.45. The van der Waals surface area contributed by atoms with E-state index in [0.29, 0.717) is 17.7 Å². The van der Waals surface area contributed by atoms with Crippen molar-refractivity contribution in [3.8, 4) is 0 Å². The third-order valence-corrected chi connectivity index (χ3v) is 4.83. The van der Waals surface area contributed by atoms with E-state index in [-0.39, 0.29) is 17.6 Å². The van der Waals surface area contributed by atoms with Crippen molar-refractivity contribution >= 4 is 11.6 Å². The molecule has 3 rings (SSSR count). The first-order chi connectivity index (χ1) is 12.6. The fourth-order valence-electron chi connectivity index (χ4n) is 3.36. The van der Waals surface area contributed by atoms with E-state index in [1.54, 1.807) is 25.3 Å². The van der Waals surface area contributed by atoms with Crippen molar-refractivity contribution in [2.45, 2.75) is 32.2 Å². The van der Waals surface area contributed by atoms with Crippen molar-refractivity contribution in [1.82, 2.24) is 10.2 Å². The third-order valence-electron chi connectivity index (χ3n) is 4.83. The second-order valence-electron chi connectivity index (χ2n) is 6.60. The highest BCUT2D eigenvalue weighted by Crippen LogP contribution is 2.25. The molecule has 0 bridgehead atoms. The molecule has 2 heterocycles. The van der Waals surface area contributed by atoms with Gasteiger partial charge in [0, 0.05) is 23.7 Å². The van der Waals surface area contributed by atoms with Crippen LogP contribution in [-0.2, 0) is 0 Å². The monoisotopic (exact) mass is 357 g/mol. The van der Waals surface area contributed by atoms with Crippen LogP contribution in [-0.4, -0.2) is 35.4 Å². The minimum atomic E-state index is -0.467. The number of hydrogen-bond donors (Lipinski definition) is 1. The standard InChI is InChI=1S/C19H23N3O4/c1-14-7-8-15(12-16(14)22(24)25)19(23)20-13-17(18-6-5-11-26-18)21-9-3-2-4-10-21/h5-8,11-12,17H,2-4,9-10,13H2,1H3,(H,20,23)/t17-/m1/s1. The fraction of sp³-hybridized carbons (Fsp3) is 0.421. The van der Waals surface area contributed by atoms with Crippen LogP contribution < -0.4 is 5.32 Å². The Balaban J connectivity index is 1.71. The van der Waals surface area contributed by atoms with Gasteiger partial charge >= 0.3 is 0 Å². The fourth-order valence-corrected chi connectivity index (χ4v) is 3.36. The molecule has 7 nitrogen and oxygen atoms in total. The Kier molecular flexibility index (Phi) is 5.68. The van der Waals surface area contributed by atoms with Gasteiger partial charge in [0.15, 0.2) is 0 Å². The van der Waals surface area contributed by atoms with Crippen molar-refractivity contribution in [3.05, 3.63) is 63.6 Å². The van der Waals surface area contributed by atoms with Gasteiger partial charge in [-0.2, -0.15) is 0 Å². The molecule has 1 fully saturated rings. The predicted molar refractivity (Wildman–Crippen MR) is 97.0 cm³/mol. The maximum atomic E-state index is 12.5. The molecule has 1 saturated heterocycles. The van der Waals surface area contributed by atoms with Gasteiger partial charge in [0.05, 0.1) is 17.2 Å². The van der Waals surface area contributed by atoms with Crippen LogP contribution in [0.25, 0.3) is 0 Å². The van der Waals surface area contributed by atoms with E-state index >= 15 is 0 Å². The Hall–Kier alpha value is -2.67. The number of benzene rings is 1. The Morgan fingerprint density at radius 2 is 2.08 bits per heavy atom. The maximum absolute atomic E-state index is 12.5. The SMILES string of the molecule is Cc1ccc(C(=O)NC[C@H](c2ccco2)N2CCCCC2)cc1[N+](=O)[O-]. The molecule has 1 N–H and O–H groups in total. The van der Waals surface area contributed by atoms with Gasteiger partial charge in [-0.3, -0.25) is 19.8 Å². The lowest BCUT2D eigenvalue weighted by Crippen LogP contribution is -2.40. The first kappa shape index (κ1) is 18.1. The average molecular weight is 357 g/mol. The number of likely N-dealkylation sites (tertiary alicyclic amines) is 1. The van der Waals surface area contributed by atoms with E-state index in [9.17, 15) is 14.9 Å². The smallest absolute Gasteiger partial charge is 0.273 e. The third kappa shape index (κ3) is 4.11. The summed E-state index contributed by atoms with van der Waals surface area (Å²) in [5.41, 5.74) is 0.781. The molecule has 0 unspecified atom stereocenters. The Labute approximate surface area is 152 Å². The summed E-state index contributed by atoms with van der Waals surface area (Å²) in [6.45, 7) is 3.99. The van der Waals surface area contributed by atoms with Crippen LogP contribution in [0.4, 0.5) is 5.69 Å². The van der Waals surface area contributed by atoms with E-state index < -0.39 is 4.92 Å². The number of nitro groups is 1. The molecule has 1 aromatic carbocycles. The van der Waals surface area contributed by atoms with E-state index in [4.69, 9.17) is 4.42 Å². The number of nitro benzene ring substituents is 1. The molecule has 1 aromatic heterocycles. The van der Waals surface area contributed by atoms with Crippen LogP contribution in [0, 0.1) is 17.0 Å². The lowest BCUT2D eigenvalue weighted by atomic mass is 10.1. The highest BCUT2D eigenvalue weighted by molar-refractivity contribution is 5.95. The lowest BCUT2D eigenvalue weighted by Gasteiger charge is -2.33. The molecular formula is C19H23N3O4. The molecule has 0 aliphatic carbocycles. The Morgan fingerprint density at radius 1 is 1.31 bits per heavy atom. The highest BCUT2D eigenvalue weighted by atomic mass is 16.6. The molecule has 1 aliphatic rings. The normalized spacial score (nSPS) is 16.2. The van der Waals surface area contributed by atoms with E-state index in [1.807, 2.05) is 12.1 Å². The number of amides is 1. The number of carbonyl (C=O) groups is 1. The van der Waals surface area contributed by atoms with Crippen LogP contribution in [0.3, 0.4) is 0 Å². The first-order valence-electron chi connectivity index (χ1n) is 8.87. The number of piperidine rings is 1. The molecule has 1 aliphatic heterocycles. The maximum Gasteiger partial charge on any atom is 0.273 e. The van der Waals surface area contributed by atoms with Gasteiger partial charge in [-0.15, -0.1) is 0 Å². The molecule has 1 amide bonds. The second kappa shape index (κ2) is 8.14. The molecule has 2 aromatic rings. The van der Waals surface area contributed by atoms with Gasteiger partial charge in [0.1, 0.15) is 5.76 Å². The Bertz CT molecular complexity index is 767.